The van der Waals surface area contributed by atoms with E-state index < -0.39 is 5.60 Å². The first-order valence-corrected chi connectivity index (χ1v) is 10.4. The Morgan fingerprint density at radius 1 is 1.19 bits per heavy atom. The molecule has 0 aliphatic heterocycles. The van der Waals surface area contributed by atoms with Crippen LogP contribution in [0.4, 0.5) is 19.6 Å². The number of amides is 1. The van der Waals surface area contributed by atoms with E-state index in [0.29, 0.717) is 12.2 Å². The van der Waals surface area contributed by atoms with Crippen molar-refractivity contribution in [1.82, 2.24) is 15.5 Å². The van der Waals surface area contributed by atoms with Gasteiger partial charge in [-0.2, -0.15) is 0 Å². The van der Waals surface area contributed by atoms with Crippen LogP contribution in [0, 0.1) is 5.82 Å². The molecule has 0 radical (unpaired) electrons. The number of nitrogens with one attached hydrogen (secondary N) is 2. The number of para-hydroxylation sites is 1. The summed E-state index contributed by atoms with van der Waals surface area (Å²) in [5.41, 5.74) is -0.0425. The number of hydrogen-bond acceptors (Lipinski definition) is 5. The van der Waals surface area contributed by atoms with Gasteiger partial charge >= 0.3 is 159 Å². The number of aromatic nitrogens is 2. The zero-order chi connectivity index (χ0) is 19.0. The van der Waals surface area contributed by atoms with E-state index in [9.17, 15) is 9.18 Å². The van der Waals surface area contributed by atoms with Crippen LogP contribution in [-0.4, -0.2) is 42.9 Å². The van der Waals surface area contributed by atoms with Crippen LogP contribution < -0.4 is 10.6 Å². The van der Waals surface area contributed by atoms with Crippen LogP contribution in [0.5, 0.6) is 0 Å². The number of unbranched alkanes of at least 4 members (excludes halogenated alkanes) is 2. The topological polar surface area (TPSA) is 76.1 Å². The quantitative estimate of drug-likeness (QED) is 0.497. The zero-order valence-corrected chi connectivity index (χ0v) is 17.1. The summed E-state index contributed by atoms with van der Waals surface area (Å²) in [5, 5.41) is 14.1. The molecule has 142 valence electrons. The van der Waals surface area contributed by atoms with Gasteiger partial charge in [0, 0.05) is 0 Å². The number of hydrogen-bond donors (Lipinski definition) is 2. The van der Waals surface area contributed by atoms with Crippen molar-refractivity contribution in [2.24, 2.45) is 0 Å². The van der Waals surface area contributed by atoms with Gasteiger partial charge in [-0.1, -0.05) is 0 Å². The SMILES string of the molecule is CC(C)(C)OC(=O)NCCCCCc1nnc(Nc2ccccc2F)[se]1. The van der Waals surface area contributed by atoms with E-state index in [1.165, 1.54) is 6.07 Å². The van der Waals surface area contributed by atoms with Crippen molar-refractivity contribution >= 4 is 31.0 Å². The molecule has 0 saturated heterocycles. The minimum absolute atomic E-state index is 0.0110. The van der Waals surface area contributed by atoms with Gasteiger partial charge in [-0.3, -0.25) is 0 Å². The number of anilines is 2. The number of carbonyl (C=O) groups is 1. The van der Waals surface area contributed by atoms with Crippen LogP contribution in [0.3, 0.4) is 0 Å². The molecular formula is C18H25FN4O2Se. The molecule has 0 atom stereocenters. The fraction of sp³-hybridized carbons (Fsp3) is 0.500. The van der Waals surface area contributed by atoms with E-state index in [1.54, 1.807) is 18.2 Å². The third-order valence-corrected chi connectivity index (χ3v) is 5.20. The summed E-state index contributed by atoms with van der Waals surface area (Å²) in [4.78, 5) is 11.5. The molecule has 0 aliphatic carbocycles. The normalized spacial score (nSPS) is 11.2. The molecule has 8 heteroatoms. The number of halogens is 1. The Morgan fingerprint density at radius 2 is 1.96 bits per heavy atom. The van der Waals surface area contributed by atoms with Gasteiger partial charge in [-0.05, 0) is 0 Å². The first-order valence-electron chi connectivity index (χ1n) is 8.64. The molecule has 26 heavy (non-hydrogen) atoms. The molecule has 0 unspecified atom stereocenters. The molecule has 1 heterocycles. The van der Waals surface area contributed by atoms with Gasteiger partial charge in [-0.15, -0.1) is 0 Å². The predicted octanol–water partition coefficient (Wildman–Crippen LogP) is 3.65. The van der Waals surface area contributed by atoms with Crippen molar-refractivity contribution in [3.05, 3.63) is 34.7 Å². The summed E-state index contributed by atoms with van der Waals surface area (Å²) in [7, 11) is 0. The molecule has 0 spiro atoms. The Balaban J connectivity index is 1.63. The summed E-state index contributed by atoms with van der Waals surface area (Å²) in [6, 6.07) is 6.53. The number of alkyl carbamates (subject to hydrolysis) is 1. The molecule has 0 bridgehead atoms. The number of nitrogens with zero attached hydrogens (tertiary/aromatic N) is 2. The van der Waals surface area contributed by atoms with Crippen LogP contribution in [0.25, 0.3) is 0 Å². The summed E-state index contributed by atoms with van der Waals surface area (Å²) in [5.74, 6) is -0.295. The molecule has 2 N–H and O–H groups in total. The van der Waals surface area contributed by atoms with Crippen molar-refractivity contribution < 1.29 is 13.9 Å². The minimum atomic E-state index is -0.471. The van der Waals surface area contributed by atoms with Crippen LogP contribution >= 0.6 is 0 Å². The number of rotatable bonds is 8. The summed E-state index contributed by atoms with van der Waals surface area (Å²) < 4.78 is 20.6. The van der Waals surface area contributed by atoms with Crippen molar-refractivity contribution in [2.75, 3.05) is 11.9 Å². The van der Waals surface area contributed by atoms with Gasteiger partial charge in [0.2, 0.25) is 0 Å². The second-order valence-electron chi connectivity index (χ2n) is 6.85. The molecule has 0 aliphatic rings. The van der Waals surface area contributed by atoms with Gasteiger partial charge < -0.3 is 0 Å². The predicted molar refractivity (Wildman–Crippen MR) is 100 cm³/mol. The van der Waals surface area contributed by atoms with E-state index in [1.807, 2.05) is 20.8 Å². The average Bonchev–Trinajstić information content (AvgIpc) is 2.99. The third kappa shape index (κ3) is 7.54. The first-order chi connectivity index (χ1) is 12.3. The number of carbonyl (C=O) groups excluding carboxylic acids is 1. The molecule has 6 nitrogen and oxygen atoms in total. The molecular weight excluding hydrogens is 402 g/mol. The van der Waals surface area contributed by atoms with Crippen LogP contribution in [0.1, 0.15) is 44.6 Å². The Hall–Kier alpha value is -1.92. The van der Waals surface area contributed by atoms with Crippen molar-refractivity contribution in [1.29, 1.82) is 0 Å². The van der Waals surface area contributed by atoms with Crippen molar-refractivity contribution in [3.63, 3.8) is 0 Å². The van der Waals surface area contributed by atoms with E-state index in [0.717, 1.165) is 34.9 Å². The standard InChI is InChI=1S/C18H25FN4O2Se/c1-18(2,3)25-17(24)20-12-8-4-5-11-15-22-23-16(26-15)21-14-10-7-6-9-13(14)19/h6-7,9-10H,4-5,8,11-12H2,1-3H3,(H,20,24)(H,21,23). The summed E-state index contributed by atoms with van der Waals surface area (Å²) in [6.07, 6.45) is 3.36. The number of aryl methyl sites for hydroxylation is 1. The van der Waals surface area contributed by atoms with Crippen molar-refractivity contribution in [2.45, 2.75) is 52.1 Å². The van der Waals surface area contributed by atoms with Crippen molar-refractivity contribution in [3.8, 4) is 0 Å². The fourth-order valence-corrected chi connectivity index (χ4v) is 3.83. The molecule has 2 aromatic rings. The van der Waals surface area contributed by atoms with E-state index in [4.69, 9.17) is 4.74 Å². The molecule has 0 saturated carbocycles. The maximum atomic E-state index is 13.6. The monoisotopic (exact) mass is 428 g/mol. The van der Waals surface area contributed by atoms with Gasteiger partial charge in [0.25, 0.3) is 0 Å². The van der Waals surface area contributed by atoms with Crippen LogP contribution in [-0.2, 0) is 11.2 Å². The summed E-state index contributed by atoms with van der Waals surface area (Å²) >= 11 is 0.0110. The average molecular weight is 427 g/mol. The molecule has 2 rings (SSSR count). The van der Waals surface area contributed by atoms with Gasteiger partial charge in [0.05, 0.1) is 0 Å². The first kappa shape index (κ1) is 20.4. The molecule has 0 fully saturated rings. The Kier molecular flexibility index (Phi) is 7.60. The second kappa shape index (κ2) is 9.69. The Morgan fingerprint density at radius 3 is 2.69 bits per heavy atom. The van der Waals surface area contributed by atoms with E-state index >= 15 is 0 Å². The van der Waals surface area contributed by atoms with Crippen LogP contribution in [0.2, 0.25) is 0 Å². The van der Waals surface area contributed by atoms with Crippen LogP contribution in [0.15, 0.2) is 24.3 Å². The Labute approximate surface area is 159 Å². The molecule has 1 aromatic heterocycles. The van der Waals surface area contributed by atoms with Gasteiger partial charge in [0.15, 0.2) is 0 Å². The van der Waals surface area contributed by atoms with E-state index in [2.05, 4.69) is 20.8 Å². The van der Waals surface area contributed by atoms with Gasteiger partial charge in [-0.25, -0.2) is 0 Å². The Bertz CT molecular complexity index is 715. The molecule has 1 aromatic carbocycles. The zero-order valence-electron chi connectivity index (χ0n) is 15.3. The fourth-order valence-electron chi connectivity index (χ4n) is 2.17. The number of benzene rings is 1. The summed E-state index contributed by atoms with van der Waals surface area (Å²) in [6.45, 7) is 6.12. The second-order valence-corrected chi connectivity index (χ2v) is 9.07. The van der Waals surface area contributed by atoms with Gasteiger partial charge in [0.1, 0.15) is 0 Å². The maximum absolute atomic E-state index is 13.6. The number of ether oxygens (including phenoxy) is 1. The van der Waals surface area contributed by atoms with E-state index in [-0.39, 0.29) is 26.4 Å². The third-order valence-electron chi connectivity index (χ3n) is 3.32. The molecule has 1 amide bonds.